The quantitative estimate of drug-likeness (QED) is 0.149. The maximum absolute atomic E-state index is 15.0. The highest BCUT2D eigenvalue weighted by molar-refractivity contribution is 7.92. The number of ether oxygens (including phenoxy) is 1. The largest absolute Gasteiger partial charge is 0.495 e. The summed E-state index contributed by atoms with van der Waals surface area (Å²) in [6.45, 7) is 0.173. The maximum Gasteiger partial charge on any atom is 0.273 e. The molecule has 14 heteroatoms. The number of nitro groups is 1. The van der Waals surface area contributed by atoms with E-state index >= 15 is 0 Å². The second kappa shape index (κ2) is 15.1. The Hall–Kier alpha value is -5.01. The zero-order valence-corrected chi connectivity index (χ0v) is 27.3. The van der Waals surface area contributed by atoms with Crippen molar-refractivity contribution in [3.05, 3.63) is 129 Å². The third kappa shape index (κ3) is 8.05. The van der Waals surface area contributed by atoms with Crippen molar-refractivity contribution in [2.45, 2.75) is 30.8 Å². The first-order chi connectivity index (χ1) is 22.4. The van der Waals surface area contributed by atoms with Gasteiger partial charge in [0.15, 0.2) is 0 Å². The minimum atomic E-state index is -4.73. The molecule has 0 unspecified atom stereocenters. The van der Waals surface area contributed by atoms with Gasteiger partial charge in [0.1, 0.15) is 24.2 Å². The molecule has 4 rings (SSSR count). The van der Waals surface area contributed by atoms with E-state index in [1.165, 1.54) is 69.6 Å². The summed E-state index contributed by atoms with van der Waals surface area (Å²) < 4.78 is 49.7. The Morgan fingerprint density at radius 3 is 2.34 bits per heavy atom. The molecule has 0 aliphatic rings. The van der Waals surface area contributed by atoms with Crippen molar-refractivity contribution >= 4 is 44.8 Å². The van der Waals surface area contributed by atoms with Crippen LogP contribution in [-0.2, 0) is 32.6 Å². The lowest BCUT2D eigenvalue weighted by Gasteiger charge is -2.34. The number of hydrogen-bond acceptors (Lipinski definition) is 7. The summed E-state index contributed by atoms with van der Waals surface area (Å²) in [6, 6.07) is 20.9. The third-order valence-corrected chi connectivity index (χ3v) is 9.46. The van der Waals surface area contributed by atoms with E-state index in [-0.39, 0.29) is 40.6 Å². The molecule has 1 N–H and O–H groups in total. The molecule has 4 aromatic carbocycles. The fraction of sp³-hybridized carbons (Fsp3) is 0.212. The molecule has 2 amide bonds. The van der Waals surface area contributed by atoms with Gasteiger partial charge in [-0.1, -0.05) is 66.2 Å². The number of sulfonamides is 1. The van der Waals surface area contributed by atoms with Crippen molar-refractivity contribution in [1.82, 2.24) is 10.2 Å². The van der Waals surface area contributed by atoms with Crippen LogP contribution in [0.1, 0.15) is 16.7 Å². The topological polar surface area (TPSA) is 139 Å². The minimum absolute atomic E-state index is 0.0259. The van der Waals surface area contributed by atoms with Crippen LogP contribution in [0.3, 0.4) is 0 Å². The highest BCUT2D eigenvalue weighted by Gasteiger charge is 2.36. The molecule has 0 saturated heterocycles. The summed E-state index contributed by atoms with van der Waals surface area (Å²) in [7, 11) is -2.04. The Morgan fingerprint density at radius 2 is 1.70 bits per heavy atom. The number of carbonyl (C=O) groups excluding carboxylic acids is 2. The number of carbonyl (C=O) groups is 2. The fourth-order valence-corrected chi connectivity index (χ4v) is 6.58. The van der Waals surface area contributed by atoms with Crippen LogP contribution in [0.4, 0.5) is 15.8 Å². The van der Waals surface area contributed by atoms with Crippen molar-refractivity contribution in [3.8, 4) is 5.75 Å². The Kier molecular flexibility index (Phi) is 11.2. The standard InChI is InChI=1S/C33H32ClFN4O7S/c1-22-13-15-26(19-28(22)39(42)43)47(44,45)38(29-18-25(34)14-16-31(29)46-3)21-32(40)37(20-24-11-7-8-12-27(24)35)30(33(41)36-2)17-23-9-5-4-6-10-23/h4-16,18-19,30H,17,20-21H2,1-3H3,(H,36,41)/t30-/m1/s1. The summed E-state index contributed by atoms with van der Waals surface area (Å²) in [4.78, 5) is 39.4. The van der Waals surface area contributed by atoms with Crippen LogP contribution < -0.4 is 14.4 Å². The molecule has 246 valence electrons. The van der Waals surface area contributed by atoms with Crippen LogP contribution in [0, 0.1) is 22.9 Å². The number of nitrogens with zero attached hydrogens (tertiary/aromatic N) is 3. The van der Waals surface area contributed by atoms with Crippen LogP contribution in [-0.4, -0.2) is 56.8 Å². The third-order valence-electron chi connectivity index (χ3n) is 7.47. The molecular formula is C33H32ClFN4O7S. The first kappa shape index (κ1) is 34.9. The van der Waals surface area contributed by atoms with Gasteiger partial charge in [-0.15, -0.1) is 0 Å². The number of halogens is 2. The predicted octanol–water partition coefficient (Wildman–Crippen LogP) is 5.29. The van der Waals surface area contributed by atoms with Crippen molar-refractivity contribution in [3.63, 3.8) is 0 Å². The van der Waals surface area contributed by atoms with E-state index in [2.05, 4.69) is 5.32 Å². The lowest BCUT2D eigenvalue weighted by atomic mass is 10.0. The van der Waals surface area contributed by atoms with Gasteiger partial charge in [0.05, 0.1) is 22.6 Å². The van der Waals surface area contributed by atoms with E-state index < -0.39 is 55.7 Å². The van der Waals surface area contributed by atoms with Gasteiger partial charge < -0.3 is 15.0 Å². The van der Waals surface area contributed by atoms with E-state index in [1.807, 2.05) is 0 Å². The van der Waals surface area contributed by atoms with Gasteiger partial charge in [0.2, 0.25) is 11.8 Å². The lowest BCUT2D eigenvalue weighted by molar-refractivity contribution is -0.385. The molecule has 1 atom stereocenters. The van der Waals surface area contributed by atoms with Crippen molar-refractivity contribution in [1.29, 1.82) is 0 Å². The Labute approximate surface area is 276 Å². The lowest BCUT2D eigenvalue weighted by Crippen LogP contribution is -2.53. The van der Waals surface area contributed by atoms with Gasteiger partial charge in [0, 0.05) is 42.2 Å². The first-order valence-corrected chi connectivity index (χ1v) is 16.1. The molecule has 0 radical (unpaired) electrons. The van der Waals surface area contributed by atoms with Crippen LogP contribution in [0.25, 0.3) is 0 Å². The molecule has 4 aromatic rings. The number of hydrogen-bond donors (Lipinski definition) is 1. The predicted molar refractivity (Wildman–Crippen MR) is 175 cm³/mol. The van der Waals surface area contributed by atoms with E-state index in [9.17, 15) is 32.5 Å². The number of nitro benzene ring substituents is 1. The summed E-state index contributed by atoms with van der Waals surface area (Å²) in [6.07, 6.45) is 0.0259. The number of amides is 2. The first-order valence-electron chi connectivity index (χ1n) is 14.3. The van der Waals surface area contributed by atoms with E-state index in [0.29, 0.717) is 9.87 Å². The average Bonchev–Trinajstić information content (AvgIpc) is 3.05. The molecule has 11 nitrogen and oxygen atoms in total. The van der Waals surface area contributed by atoms with Crippen LogP contribution in [0.15, 0.2) is 95.9 Å². The van der Waals surface area contributed by atoms with Crippen LogP contribution in [0.5, 0.6) is 5.75 Å². The zero-order valence-electron chi connectivity index (χ0n) is 25.7. The maximum atomic E-state index is 15.0. The number of rotatable bonds is 13. The number of methoxy groups -OCH3 is 1. The molecule has 0 spiro atoms. The van der Waals surface area contributed by atoms with Gasteiger partial charge in [-0.25, -0.2) is 12.8 Å². The zero-order chi connectivity index (χ0) is 34.3. The normalized spacial score (nSPS) is 11.8. The molecule has 0 aromatic heterocycles. The summed E-state index contributed by atoms with van der Waals surface area (Å²) in [5, 5.41) is 14.4. The fourth-order valence-electron chi connectivity index (χ4n) is 4.98. The van der Waals surface area contributed by atoms with Gasteiger partial charge in [-0.3, -0.25) is 24.0 Å². The average molecular weight is 683 g/mol. The number of anilines is 1. The molecule has 47 heavy (non-hydrogen) atoms. The summed E-state index contributed by atoms with van der Waals surface area (Å²) >= 11 is 6.27. The van der Waals surface area contributed by atoms with Crippen LogP contribution in [0.2, 0.25) is 5.02 Å². The Morgan fingerprint density at radius 1 is 1.02 bits per heavy atom. The monoisotopic (exact) mass is 682 g/mol. The second-order valence-electron chi connectivity index (χ2n) is 10.5. The second-order valence-corrected chi connectivity index (χ2v) is 12.8. The molecule has 0 saturated carbocycles. The number of aryl methyl sites for hydroxylation is 1. The number of benzene rings is 4. The minimum Gasteiger partial charge on any atom is -0.495 e. The number of nitrogens with one attached hydrogen (secondary N) is 1. The van der Waals surface area contributed by atoms with E-state index in [4.69, 9.17) is 16.3 Å². The smallest absolute Gasteiger partial charge is 0.273 e. The van der Waals surface area contributed by atoms with Gasteiger partial charge in [-0.2, -0.15) is 0 Å². The Bertz CT molecular complexity index is 1890. The van der Waals surface area contributed by atoms with Gasteiger partial charge in [-0.05, 0) is 42.8 Å². The Balaban J connectivity index is 1.89. The highest BCUT2D eigenvalue weighted by Crippen LogP contribution is 2.36. The van der Waals surface area contributed by atoms with E-state index in [0.717, 1.165) is 11.0 Å². The van der Waals surface area contributed by atoms with E-state index in [1.54, 1.807) is 36.4 Å². The highest BCUT2D eigenvalue weighted by atomic mass is 35.5. The molecular weight excluding hydrogens is 651 g/mol. The summed E-state index contributed by atoms with van der Waals surface area (Å²) in [5.74, 6) is -2.04. The van der Waals surface area contributed by atoms with Crippen LogP contribution >= 0.6 is 11.6 Å². The SMILES string of the molecule is CNC(=O)[C@@H](Cc1ccccc1)N(Cc1ccccc1F)C(=O)CN(c1cc(Cl)ccc1OC)S(=O)(=O)c1ccc(C)c([N+](=O)[O-])c1. The van der Waals surface area contributed by atoms with Crippen molar-refractivity contribution in [2.75, 3.05) is 25.0 Å². The van der Waals surface area contributed by atoms with Crippen molar-refractivity contribution < 1.29 is 32.1 Å². The number of likely N-dealkylation sites (N-methyl/N-ethyl adjacent to an activating group) is 1. The molecule has 0 heterocycles. The molecule has 0 bridgehead atoms. The molecule has 0 aliphatic carbocycles. The van der Waals surface area contributed by atoms with Gasteiger partial charge >= 0.3 is 0 Å². The molecule has 0 fully saturated rings. The summed E-state index contributed by atoms with van der Waals surface area (Å²) in [5.41, 5.74) is 0.426. The molecule has 0 aliphatic heterocycles. The van der Waals surface area contributed by atoms with Crippen molar-refractivity contribution in [2.24, 2.45) is 0 Å². The van der Waals surface area contributed by atoms with Gasteiger partial charge in [0.25, 0.3) is 15.7 Å².